The third-order valence-corrected chi connectivity index (χ3v) is 5.15. The number of nitrogens with one attached hydrogen (secondary N) is 1. The van der Waals surface area contributed by atoms with Crippen LogP contribution in [0.25, 0.3) is 0 Å². The maximum absolute atomic E-state index is 12.7. The Morgan fingerprint density at radius 1 is 0.966 bits per heavy atom. The first kappa shape index (κ1) is 18.9. The third-order valence-electron chi connectivity index (χ3n) is 5.15. The fourth-order valence-electron chi connectivity index (χ4n) is 3.55. The third kappa shape index (κ3) is 3.90. The largest absolute Gasteiger partial charge is 0.493 e. The molecule has 1 atom stereocenters. The van der Waals surface area contributed by atoms with Crippen LogP contribution in [0.15, 0.2) is 72.8 Å². The van der Waals surface area contributed by atoms with Crippen molar-refractivity contribution in [2.75, 3.05) is 26.1 Å². The Labute approximate surface area is 170 Å². The number of ether oxygens (including phenoxy) is 2. The second-order valence-electron chi connectivity index (χ2n) is 7.00. The molecule has 0 fully saturated rings. The summed E-state index contributed by atoms with van der Waals surface area (Å²) in [7, 11) is 3.42. The van der Waals surface area contributed by atoms with Gasteiger partial charge in [-0.2, -0.15) is 0 Å². The highest BCUT2D eigenvalue weighted by molar-refractivity contribution is 6.01. The molecule has 5 nitrogen and oxygen atoms in total. The number of hydrogen-bond donors (Lipinski definition) is 1. The first-order valence-electron chi connectivity index (χ1n) is 9.65. The quantitative estimate of drug-likeness (QED) is 0.675. The maximum atomic E-state index is 12.7. The van der Waals surface area contributed by atoms with Gasteiger partial charge >= 0.3 is 0 Å². The Kier molecular flexibility index (Phi) is 5.38. The van der Waals surface area contributed by atoms with Crippen molar-refractivity contribution in [1.29, 1.82) is 0 Å². The minimum Gasteiger partial charge on any atom is -0.493 e. The van der Waals surface area contributed by atoms with Crippen molar-refractivity contribution in [3.63, 3.8) is 0 Å². The number of nitrogens with zero attached hydrogens (tertiary/aromatic N) is 1. The molecule has 1 amide bonds. The highest BCUT2D eigenvalue weighted by atomic mass is 16.5. The second-order valence-corrected chi connectivity index (χ2v) is 7.00. The zero-order valence-corrected chi connectivity index (χ0v) is 16.6. The van der Waals surface area contributed by atoms with Gasteiger partial charge in [0.1, 0.15) is 6.17 Å². The highest BCUT2D eigenvalue weighted by Crippen LogP contribution is 2.36. The van der Waals surface area contributed by atoms with E-state index in [0.717, 1.165) is 17.7 Å². The van der Waals surface area contributed by atoms with Crippen LogP contribution in [0.5, 0.6) is 11.5 Å². The summed E-state index contributed by atoms with van der Waals surface area (Å²) in [6.07, 6.45) is 0.550. The lowest BCUT2D eigenvalue weighted by molar-refractivity contribution is 0.0735. The molecule has 1 heterocycles. The monoisotopic (exact) mass is 388 g/mol. The summed E-state index contributed by atoms with van der Waals surface area (Å²) in [6, 6.07) is 23.6. The average molecular weight is 388 g/mol. The minimum absolute atomic E-state index is 0.00787. The number of hydrogen-bond acceptors (Lipinski definition) is 4. The number of amides is 1. The number of carbonyl (C=O) groups excluding carboxylic acids is 1. The molecule has 0 bridgehead atoms. The Morgan fingerprint density at radius 3 is 2.52 bits per heavy atom. The van der Waals surface area contributed by atoms with Gasteiger partial charge < -0.3 is 19.7 Å². The molecular formula is C24H24N2O3. The Hall–Kier alpha value is -3.47. The van der Waals surface area contributed by atoms with Crippen LogP contribution in [0, 0.1) is 0 Å². The predicted octanol–water partition coefficient (Wildman–Crippen LogP) is 4.51. The van der Waals surface area contributed by atoms with Crippen LogP contribution in [0.3, 0.4) is 0 Å². The van der Waals surface area contributed by atoms with Gasteiger partial charge in [-0.25, -0.2) is 0 Å². The van der Waals surface area contributed by atoms with E-state index in [9.17, 15) is 4.79 Å². The van der Waals surface area contributed by atoms with E-state index in [-0.39, 0.29) is 12.1 Å². The molecule has 29 heavy (non-hydrogen) atoms. The van der Waals surface area contributed by atoms with Gasteiger partial charge in [-0.15, -0.1) is 0 Å². The Bertz CT molecular complexity index is 1000. The minimum atomic E-state index is -0.273. The van der Waals surface area contributed by atoms with Crippen LogP contribution in [0.1, 0.15) is 27.7 Å². The first-order valence-corrected chi connectivity index (χ1v) is 9.65. The summed E-state index contributed by atoms with van der Waals surface area (Å²) in [4.78, 5) is 14.4. The van der Waals surface area contributed by atoms with E-state index in [0.29, 0.717) is 23.7 Å². The van der Waals surface area contributed by atoms with Crippen molar-refractivity contribution in [1.82, 2.24) is 4.90 Å². The Balaban J connectivity index is 1.51. The topological polar surface area (TPSA) is 50.8 Å². The lowest BCUT2D eigenvalue weighted by Gasteiger charge is -2.35. The predicted molar refractivity (Wildman–Crippen MR) is 114 cm³/mol. The smallest absolute Gasteiger partial charge is 0.257 e. The number of methoxy groups -OCH3 is 1. The number of fused-ring (bicyclic) bond motifs is 1. The molecule has 1 aliphatic heterocycles. The van der Waals surface area contributed by atoms with Crippen LogP contribution in [0.2, 0.25) is 0 Å². The summed E-state index contributed by atoms with van der Waals surface area (Å²) >= 11 is 0. The van der Waals surface area contributed by atoms with Gasteiger partial charge in [0.25, 0.3) is 5.91 Å². The summed E-state index contributed by atoms with van der Waals surface area (Å²) in [5.41, 5.74) is 3.68. The van der Waals surface area contributed by atoms with E-state index in [1.54, 1.807) is 19.1 Å². The zero-order chi connectivity index (χ0) is 20.2. The average Bonchev–Trinajstić information content (AvgIpc) is 2.77. The van der Waals surface area contributed by atoms with Crippen LogP contribution < -0.4 is 14.8 Å². The molecule has 1 unspecified atom stereocenters. The van der Waals surface area contributed by atoms with E-state index < -0.39 is 0 Å². The molecule has 0 spiro atoms. The zero-order valence-electron chi connectivity index (χ0n) is 16.6. The molecule has 1 N–H and O–H groups in total. The van der Waals surface area contributed by atoms with Crippen molar-refractivity contribution in [2.24, 2.45) is 0 Å². The maximum Gasteiger partial charge on any atom is 0.257 e. The first-order chi connectivity index (χ1) is 14.2. The van der Waals surface area contributed by atoms with Crippen LogP contribution >= 0.6 is 0 Å². The number of para-hydroxylation sites is 1. The molecule has 5 heteroatoms. The van der Waals surface area contributed by atoms with E-state index in [4.69, 9.17) is 9.47 Å². The van der Waals surface area contributed by atoms with Gasteiger partial charge in [-0.1, -0.05) is 48.5 Å². The number of carbonyl (C=O) groups is 1. The number of anilines is 1. The molecule has 1 aliphatic rings. The van der Waals surface area contributed by atoms with Gasteiger partial charge in [-0.05, 0) is 35.4 Å². The molecular weight excluding hydrogens is 364 g/mol. The fraction of sp³-hybridized carbons (Fsp3) is 0.208. The Morgan fingerprint density at radius 2 is 1.72 bits per heavy atom. The molecule has 148 valence electrons. The van der Waals surface area contributed by atoms with Gasteiger partial charge in [-0.3, -0.25) is 4.79 Å². The van der Waals surface area contributed by atoms with E-state index in [1.807, 2.05) is 60.7 Å². The highest BCUT2D eigenvalue weighted by Gasteiger charge is 2.30. The fourth-order valence-corrected chi connectivity index (χ4v) is 3.55. The molecule has 0 aromatic heterocycles. The van der Waals surface area contributed by atoms with Crippen molar-refractivity contribution < 1.29 is 14.3 Å². The van der Waals surface area contributed by atoms with Crippen molar-refractivity contribution in [2.45, 2.75) is 12.6 Å². The second kappa shape index (κ2) is 8.27. The lowest BCUT2D eigenvalue weighted by Crippen LogP contribution is -2.40. The number of benzene rings is 3. The van der Waals surface area contributed by atoms with Crippen molar-refractivity contribution in [3.8, 4) is 11.5 Å². The number of rotatable bonds is 6. The molecule has 0 aliphatic carbocycles. The SMILES string of the molecule is COc1cc(C2Nc3ccccc3C(=O)N2C)ccc1OCCc1ccccc1. The van der Waals surface area contributed by atoms with Gasteiger partial charge in [0.15, 0.2) is 11.5 Å². The van der Waals surface area contributed by atoms with Crippen LogP contribution in [-0.2, 0) is 6.42 Å². The van der Waals surface area contributed by atoms with Crippen molar-refractivity contribution in [3.05, 3.63) is 89.5 Å². The molecule has 4 rings (SSSR count). The summed E-state index contributed by atoms with van der Waals surface area (Å²) < 4.78 is 11.5. The summed E-state index contributed by atoms with van der Waals surface area (Å²) in [5, 5.41) is 3.44. The molecule has 3 aromatic carbocycles. The lowest BCUT2D eigenvalue weighted by atomic mass is 10.0. The molecule has 0 saturated heterocycles. The molecule has 0 radical (unpaired) electrons. The van der Waals surface area contributed by atoms with Gasteiger partial charge in [0, 0.05) is 19.2 Å². The van der Waals surface area contributed by atoms with Crippen LogP contribution in [0.4, 0.5) is 5.69 Å². The normalized spacial score (nSPS) is 15.4. The van der Waals surface area contributed by atoms with Crippen LogP contribution in [-0.4, -0.2) is 31.6 Å². The van der Waals surface area contributed by atoms with E-state index >= 15 is 0 Å². The van der Waals surface area contributed by atoms with E-state index in [2.05, 4.69) is 17.4 Å². The van der Waals surface area contributed by atoms with Gasteiger partial charge in [0.05, 0.1) is 19.3 Å². The van der Waals surface area contributed by atoms with Crippen molar-refractivity contribution >= 4 is 11.6 Å². The van der Waals surface area contributed by atoms with Gasteiger partial charge in [0.2, 0.25) is 0 Å². The standard InChI is InChI=1S/C24H24N2O3/c1-26-23(25-20-11-7-6-10-19(20)24(26)27)18-12-13-21(22(16-18)28-2)29-15-14-17-8-4-3-5-9-17/h3-13,16,23,25H,14-15H2,1-2H3. The van der Waals surface area contributed by atoms with E-state index in [1.165, 1.54) is 5.56 Å². The summed E-state index contributed by atoms with van der Waals surface area (Å²) in [5.74, 6) is 1.33. The molecule has 0 saturated carbocycles. The summed E-state index contributed by atoms with van der Waals surface area (Å²) in [6.45, 7) is 0.563. The molecule has 3 aromatic rings.